The van der Waals surface area contributed by atoms with Gasteiger partial charge < -0.3 is 10.4 Å². The minimum absolute atomic E-state index is 0.0923. The lowest BCUT2D eigenvalue weighted by Gasteiger charge is -2.10. The van der Waals surface area contributed by atoms with Gasteiger partial charge in [-0.25, -0.2) is 8.78 Å². The van der Waals surface area contributed by atoms with E-state index in [1.807, 2.05) is 6.92 Å². The molecule has 0 aliphatic carbocycles. The average Bonchev–Trinajstić information content (AvgIpc) is 2.39. The number of hydrogen-bond acceptors (Lipinski definition) is 2. The van der Waals surface area contributed by atoms with Gasteiger partial charge in [0, 0.05) is 13.2 Å². The number of halogens is 2. The molecule has 0 spiro atoms. The van der Waals surface area contributed by atoms with Crippen molar-refractivity contribution in [3.63, 3.8) is 0 Å². The van der Waals surface area contributed by atoms with Gasteiger partial charge in [0.15, 0.2) is 0 Å². The van der Waals surface area contributed by atoms with E-state index in [9.17, 15) is 13.6 Å². The molecule has 2 N–H and O–H groups in total. The summed E-state index contributed by atoms with van der Waals surface area (Å²) in [5, 5.41) is 11.3. The van der Waals surface area contributed by atoms with E-state index in [0.29, 0.717) is 13.0 Å². The van der Waals surface area contributed by atoms with Crippen LogP contribution in [0.1, 0.15) is 35.7 Å². The molecule has 1 unspecified atom stereocenters. The van der Waals surface area contributed by atoms with Crippen molar-refractivity contribution in [3.8, 4) is 0 Å². The van der Waals surface area contributed by atoms with Crippen molar-refractivity contribution in [2.75, 3.05) is 13.2 Å². The first-order chi connectivity index (χ1) is 8.97. The van der Waals surface area contributed by atoms with E-state index in [1.165, 1.54) is 13.0 Å². The van der Waals surface area contributed by atoms with E-state index in [1.54, 1.807) is 0 Å². The van der Waals surface area contributed by atoms with Crippen molar-refractivity contribution in [2.45, 2.75) is 26.7 Å². The van der Waals surface area contributed by atoms with E-state index >= 15 is 0 Å². The first-order valence-corrected chi connectivity index (χ1v) is 6.31. The number of aryl methyl sites for hydroxylation is 1. The Morgan fingerprint density at radius 1 is 1.42 bits per heavy atom. The van der Waals surface area contributed by atoms with Gasteiger partial charge in [-0.05, 0) is 37.3 Å². The smallest absolute Gasteiger partial charge is 0.257 e. The highest BCUT2D eigenvalue weighted by Gasteiger charge is 2.18. The average molecular weight is 271 g/mol. The molecule has 0 aliphatic heterocycles. The predicted octanol–water partition coefficient (Wildman–Crippen LogP) is 2.41. The second kappa shape index (κ2) is 7.19. The summed E-state index contributed by atoms with van der Waals surface area (Å²) < 4.78 is 27.1. The lowest BCUT2D eigenvalue weighted by Crippen LogP contribution is -2.27. The summed E-state index contributed by atoms with van der Waals surface area (Å²) in [5.41, 5.74) is -0.296. The molecule has 3 nitrogen and oxygen atoms in total. The Kier molecular flexibility index (Phi) is 5.89. The number of carbonyl (C=O) groups excluding carboxylic acids is 1. The van der Waals surface area contributed by atoms with Gasteiger partial charge in [0.2, 0.25) is 0 Å². The number of benzene rings is 1. The van der Waals surface area contributed by atoms with Crippen molar-refractivity contribution < 1.29 is 18.7 Å². The fraction of sp³-hybridized carbons (Fsp3) is 0.500. The zero-order valence-corrected chi connectivity index (χ0v) is 11.2. The van der Waals surface area contributed by atoms with Crippen LogP contribution in [-0.2, 0) is 0 Å². The maximum absolute atomic E-state index is 13.7. The number of nitrogens with one attached hydrogen (secondary N) is 1. The number of aliphatic hydroxyl groups excluding tert-OH is 1. The van der Waals surface area contributed by atoms with Gasteiger partial charge in [0.1, 0.15) is 17.2 Å². The monoisotopic (exact) mass is 271 g/mol. The SMILES string of the molecule is Cc1ccc(F)c(C(=O)NCCCC(C)CO)c1F. The third kappa shape index (κ3) is 4.28. The molecule has 0 radical (unpaired) electrons. The number of hydrogen-bond donors (Lipinski definition) is 2. The lowest BCUT2D eigenvalue weighted by atomic mass is 10.1. The predicted molar refractivity (Wildman–Crippen MR) is 68.9 cm³/mol. The van der Waals surface area contributed by atoms with Gasteiger partial charge in [-0.3, -0.25) is 4.79 Å². The summed E-state index contributed by atoms with van der Waals surface area (Å²) in [6.45, 7) is 3.79. The summed E-state index contributed by atoms with van der Waals surface area (Å²) in [6, 6.07) is 2.38. The summed E-state index contributed by atoms with van der Waals surface area (Å²) >= 11 is 0. The highest BCUT2D eigenvalue weighted by molar-refractivity contribution is 5.94. The molecule has 5 heteroatoms. The summed E-state index contributed by atoms with van der Waals surface area (Å²) in [6.07, 6.45) is 1.40. The molecule has 1 aromatic rings. The first-order valence-electron chi connectivity index (χ1n) is 6.31. The fourth-order valence-corrected chi connectivity index (χ4v) is 1.70. The quantitative estimate of drug-likeness (QED) is 0.781. The summed E-state index contributed by atoms with van der Waals surface area (Å²) in [5.74, 6) is -2.26. The minimum atomic E-state index is -0.857. The molecular weight excluding hydrogens is 252 g/mol. The molecule has 1 atom stereocenters. The van der Waals surface area contributed by atoms with E-state index in [-0.39, 0.29) is 18.1 Å². The molecule has 0 saturated heterocycles. The molecule has 1 amide bonds. The molecule has 0 heterocycles. The summed E-state index contributed by atoms with van der Waals surface area (Å²) in [4.78, 5) is 11.7. The number of amides is 1. The molecule has 0 fully saturated rings. The molecule has 0 bridgehead atoms. The van der Waals surface area contributed by atoms with Crippen LogP contribution in [0.4, 0.5) is 8.78 Å². The molecule has 1 aromatic carbocycles. The topological polar surface area (TPSA) is 49.3 Å². The normalized spacial score (nSPS) is 12.3. The maximum atomic E-state index is 13.7. The van der Waals surface area contributed by atoms with Crippen LogP contribution in [0, 0.1) is 24.5 Å². The van der Waals surface area contributed by atoms with Crippen LogP contribution < -0.4 is 5.32 Å². The Morgan fingerprint density at radius 2 is 2.11 bits per heavy atom. The second-order valence-electron chi connectivity index (χ2n) is 4.74. The van der Waals surface area contributed by atoms with Gasteiger partial charge in [-0.1, -0.05) is 13.0 Å². The van der Waals surface area contributed by atoms with Crippen LogP contribution >= 0.6 is 0 Å². The Morgan fingerprint density at radius 3 is 2.74 bits per heavy atom. The zero-order valence-electron chi connectivity index (χ0n) is 11.2. The maximum Gasteiger partial charge on any atom is 0.257 e. The van der Waals surface area contributed by atoms with Crippen molar-refractivity contribution in [2.24, 2.45) is 5.92 Å². The van der Waals surface area contributed by atoms with Gasteiger partial charge in [0.25, 0.3) is 5.91 Å². The molecular formula is C14H19F2NO2. The van der Waals surface area contributed by atoms with Crippen LogP contribution in [0.2, 0.25) is 0 Å². The fourth-order valence-electron chi connectivity index (χ4n) is 1.70. The van der Waals surface area contributed by atoms with Crippen LogP contribution in [0.3, 0.4) is 0 Å². The van der Waals surface area contributed by atoms with Crippen molar-refractivity contribution in [1.82, 2.24) is 5.32 Å². The van der Waals surface area contributed by atoms with Gasteiger partial charge >= 0.3 is 0 Å². The number of carbonyl (C=O) groups is 1. The molecule has 0 aliphatic rings. The van der Waals surface area contributed by atoms with E-state index in [4.69, 9.17) is 5.11 Å². The Balaban J connectivity index is 2.57. The van der Waals surface area contributed by atoms with E-state index in [2.05, 4.69) is 5.32 Å². The van der Waals surface area contributed by atoms with Crippen LogP contribution in [0.15, 0.2) is 12.1 Å². The highest BCUT2D eigenvalue weighted by Crippen LogP contribution is 2.16. The van der Waals surface area contributed by atoms with Crippen LogP contribution in [0.25, 0.3) is 0 Å². The van der Waals surface area contributed by atoms with Crippen LogP contribution in [0.5, 0.6) is 0 Å². The van der Waals surface area contributed by atoms with Crippen molar-refractivity contribution >= 4 is 5.91 Å². The first kappa shape index (κ1) is 15.6. The minimum Gasteiger partial charge on any atom is -0.396 e. The highest BCUT2D eigenvalue weighted by atomic mass is 19.1. The third-order valence-corrected chi connectivity index (χ3v) is 2.98. The van der Waals surface area contributed by atoms with Gasteiger partial charge in [0.05, 0.1) is 0 Å². The third-order valence-electron chi connectivity index (χ3n) is 2.98. The molecule has 0 saturated carbocycles. The van der Waals surface area contributed by atoms with E-state index in [0.717, 1.165) is 12.5 Å². The molecule has 0 aromatic heterocycles. The number of aliphatic hydroxyl groups is 1. The number of rotatable bonds is 6. The summed E-state index contributed by atoms with van der Waals surface area (Å²) in [7, 11) is 0. The second-order valence-corrected chi connectivity index (χ2v) is 4.74. The van der Waals surface area contributed by atoms with Crippen LogP contribution in [-0.4, -0.2) is 24.2 Å². The zero-order chi connectivity index (χ0) is 14.4. The van der Waals surface area contributed by atoms with E-state index < -0.39 is 23.1 Å². The Hall–Kier alpha value is -1.49. The molecule has 106 valence electrons. The van der Waals surface area contributed by atoms with Gasteiger partial charge in [-0.2, -0.15) is 0 Å². The molecule has 19 heavy (non-hydrogen) atoms. The Bertz CT molecular complexity index is 449. The van der Waals surface area contributed by atoms with Crippen molar-refractivity contribution in [3.05, 3.63) is 34.9 Å². The lowest BCUT2D eigenvalue weighted by molar-refractivity contribution is 0.0943. The van der Waals surface area contributed by atoms with Crippen molar-refractivity contribution in [1.29, 1.82) is 0 Å². The largest absolute Gasteiger partial charge is 0.396 e. The molecule has 1 rings (SSSR count). The standard InChI is InChI=1S/C14H19F2NO2/c1-9(8-18)4-3-7-17-14(19)12-11(15)6-5-10(2)13(12)16/h5-6,9,18H,3-4,7-8H2,1-2H3,(H,17,19). The van der Waals surface area contributed by atoms with Gasteiger partial charge in [-0.15, -0.1) is 0 Å². The Labute approximate surface area is 111 Å².